The molecule has 202 valence electrons. The van der Waals surface area contributed by atoms with E-state index in [1.807, 2.05) is 0 Å². The summed E-state index contributed by atoms with van der Waals surface area (Å²) in [5.74, 6) is 0.766. The molecule has 0 aromatic rings. The van der Waals surface area contributed by atoms with Crippen molar-refractivity contribution in [3.63, 3.8) is 0 Å². The minimum absolute atomic E-state index is 0.0416. The van der Waals surface area contributed by atoms with Crippen molar-refractivity contribution >= 4 is 28.7 Å². The lowest BCUT2D eigenvalue weighted by molar-refractivity contribution is -0.115. The normalized spacial score (nSPS) is 32.7. The highest BCUT2D eigenvalue weighted by molar-refractivity contribution is 14.1. The van der Waals surface area contributed by atoms with Crippen LogP contribution >= 0.6 is 22.6 Å². The van der Waals surface area contributed by atoms with E-state index in [4.69, 9.17) is 4.74 Å². The zero-order valence-electron chi connectivity index (χ0n) is 23.8. The van der Waals surface area contributed by atoms with E-state index in [1.165, 1.54) is 39.6 Å². The number of carbonyl (C=O) groups is 1. The summed E-state index contributed by atoms with van der Waals surface area (Å²) < 4.78 is 6.98. The summed E-state index contributed by atoms with van der Waals surface area (Å²) >= 11 is 2.38. The van der Waals surface area contributed by atoms with Gasteiger partial charge in [0.1, 0.15) is 6.61 Å². The van der Waals surface area contributed by atoms with E-state index >= 15 is 0 Å². The van der Waals surface area contributed by atoms with Gasteiger partial charge in [0.2, 0.25) is 0 Å². The highest BCUT2D eigenvalue weighted by Crippen LogP contribution is 2.66. The number of carbonyl (C=O) groups excluding carboxylic acids is 1. The van der Waals surface area contributed by atoms with Crippen LogP contribution < -0.4 is 5.32 Å². The SMILES string of the molecule is C/C(I)=C/CC/C(C)=C/CC/C(C)=C/CC/C(C)=C/COC(=O)NC12CC3CC(C)(CC(C)(C3)C1)C2. The summed E-state index contributed by atoms with van der Waals surface area (Å²) in [4.78, 5) is 12.7. The van der Waals surface area contributed by atoms with Gasteiger partial charge in [-0.25, -0.2) is 4.79 Å². The van der Waals surface area contributed by atoms with E-state index in [0.717, 1.165) is 63.7 Å². The highest BCUT2D eigenvalue weighted by Gasteiger charge is 2.60. The Morgan fingerprint density at radius 2 is 1.31 bits per heavy atom. The Morgan fingerprint density at radius 1 is 0.806 bits per heavy atom. The fourth-order valence-electron chi connectivity index (χ4n) is 8.00. The second kappa shape index (κ2) is 12.7. The third-order valence-electron chi connectivity index (χ3n) is 8.67. The summed E-state index contributed by atoms with van der Waals surface area (Å²) in [6.45, 7) is 14.0. The van der Waals surface area contributed by atoms with E-state index in [1.54, 1.807) is 0 Å². The summed E-state index contributed by atoms with van der Waals surface area (Å²) in [6.07, 6.45) is 22.9. The number of nitrogens with one attached hydrogen (secondary N) is 1. The monoisotopic (exact) mass is 607 g/mol. The number of halogens is 1. The summed E-state index contributed by atoms with van der Waals surface area (Å²) in [5, 5.41) is 3.34. The first-order valence-corrected chi connectivity index (χ1v) is 15.2. The number of amides is 1. The molecule has 0 spiro atoms. The van der Waals surface area contributed by atoms with Crippen LogP contribution in [0.2, 0.25) is 0 Å². The molecule has 4 rings (SSSR count). The maximum absolute atomic E-state index is 12.7. The number of ether oxygens (including phenoxy) is 1. The number of alkyl carbamates (subject to hydrolysis) is 1. The molecule has 4 bridgehead atoms. The maximum atomic E-state index is 12.7. The highest BCUT2D eigenvalue weighted by atomic mass is 127. The topological polar surface area (TPSA) is 38.3 Å². The Kier molecular flexibility index (Phi) is 10.4. The average Bonchev–Trinajstić information content (AvgIpc) is 2.70. The molecule has 0 saturated heterocycles. The summed E-state index contributed by atoms with van der Waals surface area (Å²) in [6, 6.07) is 0. The van der Waals surface area contributed by atoms with E-state index < -0.39 is 0 Å². The molecule has 2 atom stereocenters. The van der Waals surface area contributed by atoms with Crippen LogP contribution in [0.3, 0.4) is 0 Å². The van der Waals surface area contributed by atoms with Crippen LogP contribution in [0, 0.1) is 16.7 Å². The van der Waals surface area contributed by atoms with Gasteiger partial charge in [-0.05, 0) is 154 Å². The molecule has 4 aliphatic carbocycles. The van der Waals surface area contributed by atoms with Gasteiger partial charge in [-0.2, -0.15) is 0 Å². The number of allylic oxidation sites excluding steroid dienone is 7. The smallest absolute Gasteiger partial charge is 0.407 e. The zero-order chi connectivity index (χ0) is 26.4. The molecule has 2 unspecified atom stereocenters. The van der Waals surface area contributed by atoms with Gasteiger partial charge in [-0.15, -0.1) is 0 Å². The van der Waals surface area contributed by atoms with Crippen LogP contribution in [-0.2, 0) is 4.74 Å². The third kappa shape index (κ3) is 9.06. The molecule has 0 heterocycles. The molecule has 3 nitrogen and oxygen atoms in total. The van der Waals surface area contributed by atoms with Crippen molar-refractivity contribution < 1.29 is 9.53 Å². The maximum Gasteiger partial charge on any atom is 0.407 e. The van der Waals surface area contributed by atoms with Gasteiger partial charge in [0, 0.05) is 5.54 Å². The Morgan fingerprint density at radius 3 is 1.81 bits per heavy atom. The Hall–Kier alpha value is -1.04. The molecule has 0 aromatic carbocycles. The fourth-order valence-corrected chi connectivity index (χ4v) is 8.31. The second-order valence-electron chi connectivity index (χ2n) is 13.2. The molecule has 1 amide bonds. The van der Waals surface area contributed by atoms with E-state index in [9.17, 15) is 4.79 Å². The molecule has 4 aliphatic rings. The van der Waals surface area contributed by atoms with Crippen molar-refractivity contribution in [3.8, 4) is 0 Å². The minimum atomic E-state index is -0.229. The van der Waals surface area contributed by atoms with Crippen LogP contribution in [0.4, 0.5) is 4.79 Å². The summed E-state index contributed by atoms with van der Waals surface area (Å²) in [5.41, 5.74) is 4.99. The predicted molar refractivity (Wildman–Crippen MR) is 161 cm³/mol. The van der Waals surface area contributed by atoms with Crippen molar-refractivity contribution in [2.45, 2.75) is 124 Å². The molecule has 0 aliphatic heterocycles. The van der Waals surface area contributed by atoms with Crippen LogP contribution in [0.25, 0.3) is 0 Å². The quantitative estimate of drug-likeness (QED) is 0.177. The molecule has 0 radical (unpaired) electrons. The lowest BCUT2D eigenvalue weighted by atomic mass is 9.43. The second-order valence-corrected chi connectivity index (χ2v) is 14.9. The third-order valence-corrected chi connectivity index (χ3v) is 9.11. The number of hydrogen-bond acceptors (Lipinski definition) is 2. The van der Waals surface area contributed by atoms with Crippen molar-refractivity contribution in [1.29, 1.82) is 0 Å². The molecule has 4 heteroatoms. The van der Waals surface area contributed by atoms with E-state index in [-0.39, 0.29) is 11.6 Å². The number of hydrogen-bond donors (Lipinski definition) is 1. The first-order chi connectivity index (χ1) is 16.9. The molecule has 4 saturated carbocycles. The van der Waals surface area contributed by atoms with Crippen LogP contribution in [0.5, 0.6) is 0 Å². The standard InChI is InChI=1S/C32H50INO2/c1-24(10-7-11-25(2)14-9-15-27(4)33)12-8-13-26(3)16-17-36-29(35)34-32-20-28-18-30(5,22-32)21-31(6,19-28)23-32/h11-12,15-16,28H,7-10,13-14,17-23H2,1-6H3,(H,34,35)/b24-12+,25-11+,26-16+,27-15-. The zero-order valence-corrected chi connectivity index (χ0v) is 25.9. The first-order valence-electron chi connectivity index (χ1n) is 14.1. The molecule has 4 fully saturated rings. The lowest BCUT2D eigenvalue weighted by Crippen LogP contribution is -2.65. The van der Waals surface area contributed by atoms with Gasteiger partial charge in [0.15, 0.2) is 0 Å². The Labute approximate surface area is 234 Å². The van der Waals surface area contributed by atoms with Crippen LogP contribution in [0.15, 0.2) is 44.6 Å². The van der Waals surface area contributed by atoms with Crippen LogP contribution in [-0.4, -0.2) is 18.2 Å². The van der Waals surface area contributed by atoms with Gasteiger partial charge >= 0.3 is 6.09 Å². The van der Waals surface area contributed by atoms with E-state index in [0.29, 0.717) is 17.4 Å². The predicted octanol–water partition coefficient (Wildman–Crippen LogP) is 9.98. The Bertz CT molecular complexity index is 889. The van der Waals surface area contributed by atoms with Gasteiger partial charge in [0.25, 0.3) is 0 Å². The first kappa shape index (κ1) is 29.5. The molecule has 1 N–H and O–H groups in total. The average molecular weight is 608 g/mol. The van der Waals surface area contributed by atoms with Crippen molar-refractivity contribution in [3.05, 3.63) is 44.6 Å². The molecule has 36 heavy (non-hydrogen) atoms. The molecular formula is C32H50INO2. The van der Waals surface area contributed by atoms with E-state index in [2.05, 4.69) is 93.8 Å². The van der Waals surface area contributed by atoms with Gasteiger partial charge in [-0.3, -0.25) is 0 Å². The fraction of sp³-hybridized carbons (Fsp3) is 0.719. The van der Waals surface area contributed by atoms with Crippen molar-refractivity contribution in [1.82, 2.24) is 5.32 Å². The van der Waals surface area contributed by atoms with Crippen molar-refractivity contribution in [2.75, 3.05) is 6.61 Å². The summed E-state index contributed by atoms with van der Waals surface area (Å²) in [7, 11) is 0. The largest absolute Gasteiger partial charge is 0.445 e. The Balaban J connectivity index is 1.33. The minimum Gasteiger partial charge on any atom is -0.445 e. The van der Waals surface area contributed by atoms with Crippen LogP contribution in [0.1, 0.15) is 119 Å². The molecular weight excluding hydrogens is 557 g/mol. The number of rotatable bonds is 12. The van der Waals surface area contributed by atoms with Gasteiger partial charge in [0.05, 0.1) is 0 Å². The van der Waals surface area contributed by atoms with Crippen molar-refractivity contribution in [2.24, 2.45) is 16.7 Å². The lowest BCUT2D eigenvalue weighted by Gasteiger charge is -2.65. The van der Waals surface area contributed by atoms with Gasteiger partial charge in [-0.1, -0.05) is 48.8 Å². The molecule has 0 aromatic heterocycles. The van der Waals surface area contributed by atoms with Gasteiger partial charge < -0.3 is 10.1 Å².